The number of fused-ring (bicyclic) bond motifs is 1. The molecule has 1 aromatic heterocycles. The van der Waals surface area contributed by atoms with E-state index in [2.05, 4.69) is 40.0 Å². The number of benzene rings is 2. The van der Waals surface area contributed by atoms with Gasteiger partial charge in [-0.1, -0.05) is 24.3 Å². The zero-order chi connectivity index (χ0) is 16.9. The molecule has 3 aromatic rings. The molecule has 5 nitrogen and oxygen atoms in total. The van der Waals surface area contributed by atoms with Gasteiger partial charge in [-0.3, -0.25) is 4.79 Å². The van der Waals surface area contributed by atoms with Crippen molar-refractivity contribution < 1.29 is 9.53 Å². The second-order valence-corrected chi connectivity index (χ2v) is 5.78. The number of carbonyl (C=O) groups is 1. The Balaban J connectivity index is 1.78. The molecule has 0 aliphatic rings. The number of aromatic nitrogens is 2. The van der Waals surface area contributed by atoms with Crippen LogP contribution in [-0.2, 0) is 17.9 Å². The quantitative estimate of drug-likeness (QED) is 0.680. The van der Waals surface area contributed by atoms with Crippen LogP contribution < -0.4 is 10.1 Å². The molecule has 1 amide bonds. The SMILES string of the molecule is Cc1ccc(C)c(OCCn2c(CNC=O)nc3ccccc32)c1. The highest BCUT2D eigenvalue weighted by Gasteiger charge is 2.10. The molecule has 1 N–H and O–H groups in total. The lowest BCUT2D eigenvalue weighted by molar-refractivity contribution is -0.109. The van der Waals surface area contributed by atoms with Crippen LogP contribution in [0.3, 0.4) is 0 Å². The third-order valence-electron chi connectivity index (χ3n) is 3.99. The third kappa shape index (κ3) is 3.40. The zero-order valence-corrected chi connectivity index (χ0v) is 14.0. The second-order valence-electron chi connectivity index (χ2n) is 5.78. The van der Waals surface area contributed by atoms with Crippen molar-refractivity contribution in [3.05, 3.63) is 59.4 Å². The van der Waals surface area contributed by atoms with Crippen molar-refractivity contribution in [3.8, 4) is 5.75 Å². The standard InChI is InChI=1S/C19H21N3O2/c1-14-7-8-15(2)18(11-14)24-10-9-22-17-6-4-3-5-16(17)21-19(22)12-20-13-23/h3-8,11,13H,9-10,12H2,1-2H3,(H,20,23). The number of amides is 1. The Morgan fingerprint density at radius 1 is 1.21 bits per heavy atom. The summed E-state index contributed by atoms with van der Waals surface area (Å²) < 4.78 is 8.05. The average Bonchev–Trinajstić information content (AvgIpc) is 2.94. The third-order valence-corrected chi connectivity index (χ3v) is 3.99. The molecule has 2 aromatic carbocycles. The summed E-state index contributed by atoms with van der Waals surface area (Å²) in [5.41, 5.74) is 4.27. The number of rotatable bonds is 7. The minimum Gasteiger partial charge on any atom is -0.491 e. The molecule has 5 heteroatoms. The Kier molecular flexibility index (Phi) is 4.79. The number of ether oxygens (including phenoxy) is 1. The van der Waals surface area contributed by atoms with Gasteiger partial charge in [-0.25, -0.2) is 4.98 Å². The van der Waals surface area contributed by atoms with E-state index in [4.69, 9.17) is 4.74 Å². The minimum atomic E-state index is 0.404. The van der Waals surface area contributed by atoms with Crippen LogP contribution in [0.2, 0.25) is 0 Å². The van der Waals surface area contributed by atoms with Crippen molar-refractivity contribution in [3.63, 3.8) is 0 Å². The predicted molar refractivity (Wildman–Crippen MR) is 94.0 cm³/mol. The van der Waals surface area contributed by atoms with Gasteiger partial charge >= 0.3 is 0 Å². The van der Waals surface area contributed by atoms with E-state index in [1.165, 1.54) is 5.56 Å². The molecule has 0 saturated heterocycles. The number of hydrogen-bond acceptors (Lipinski definition) is 3. The Hall–Kier alpha value is -2.82. The second kappa shape index (κ2) is 7.17. The van der Waals surface area contributed by atoms with Crippen LogP contribution in [-0.4, -0.2) is 22.6 Å². The van der Waals surface area contributed by atoms with Gasteiger partial charge in [0.25, 0.3) is 0 Å². The number of para-hydroxylation sites is 2. The molecule has 3 rings (SSSR count). The fraction of sp³-hybridized carbons (Fsp3) is 0.263. The van der Waals surface area contributed by atoms with E-state index < -0.39 is 0 Å². The summed E-state index contributed by atoms with van der Waals surface area (Å²) in [6.45, 7) is 5.71. The topological polar surface area (TPSA) is 56.1 Å². The molecule has 124 valence electrons. The summed E-state index contributed by atoms with van der Waals surface area (Å²) in [7, 11) is 0. The molecule has 0 fully saturated rings. The first-order valence-corrected chi connectivity index (χ1v) is 8.00. The van der Waals surface area contributed by atoms with E-state index in [1.807, 2.05) is 31.2 Å². The van der Waals surface area contributed by atoms with Gasteiger partial charge in [0.15, 0.2) is 0 Å². The average molecular weight is 323 g/mol. The molecule has 0 unspecified atom stereocenters. The molecular weight excluding hydrogens is 302 g/mol. The number of hydrogen-bond donors (Lipinski definition) is 1. The van der Waals surface area contributed by atoms with Gasteiger partial charge in [-0.15, -0.1) is 0 Å². The molecule has 0 radical (unpaired) electrons. The van der Waals surface area contributed by atoms with Crippen LogP contribution in [0, 0.1) is 13.8 Å². The minimum absolute atomic E-state index is 0.404. The normalized spacial score (nSPS) is 10.8. The Labute approximate surface area is 141 Å². The highest BCUT2D eigenvalue weighted by Crippen LogP contribution is 2.20. The summed E-state index contributed by atoms with van der Waals surface area (Å²) in [5, 5.41) is 2.69. The molecule has 0 spiro atoms. The largest absolute Gasteiger partial charge is 0.491 e. The van der Waals surface area contributed by atoms with Crippen LogP contribution in [0.5, 0.6) is 5.75 Å². The van der Waals surface area contributed by atoms with Crippen LogP contribution >= 0.6 is 0 Å². The van der Waals surface area contributed by atoms with Gasteiger partial charge in [0.1, 0.15) is 18.2 Å². The van der Waals surface area contributed by atoms with Gasteiger partial charge in [-0.2, -0.15) is 0 Å². The van der Waals surface area contributed by atoms with Crippen LogP contribution in [0.4, 0.5) is 0 Å². The van der Waals surface area contributed by atoms with E-state index in [9.17, 15) is 4.79 Å². The molecule has 0 atom stereocenters. The maximum absolute atomic E-state index is 10.6. The number of imidazole rings is 1. The summed E-state index contributed by atoms with van der Waals surface area (Å²) in [5.74, 6) is 1.74. The van der Waals surface area contributed by atoms with Crippen molar-refractivity contribution in [2.24, 2.45) is 0 Å². The van der Waals surface area contributed by atoms with E-state index in [1.54, 1.807) is 0 Å². The van der Waals surface area contributed by atoms with Crippen molar-refractivity contribution in [2.75, 3.05) is 6.61 Å². The van der Waals surface area contributed by atoms with Crippen molar-refractivity contribution in [1.82, 2.24) is 14.9 Å². The van der Waals surface area contributed by atoms with E-state index >= 15 is 0 Å². The van der Waals surface area contributed by atoms with Crippen molar-refractivity contribution in [1.29, 1.82) is 0 Å². The number of aryl methyl sites for hydroxylation is 2. The van der Waals surface area contributed by atoms with Crippen LogP contribution in [0.25, 0.3) is 11.0 Å². The predicted octanol–water partition coefficient (Wildman–Crippen LogP) is 2.98. The fourth-order valence-electron chi connectivity index (χ4n) is 2.75. The Morgan fingerprint density at radius 3 is 2.88 bits per heavy atom. The first kappa shape index (κ1) is 16.1. The summed E-state index contributed by atoms with van der Waals surface area (Å²) in [4.78, 5) is 15.2. The summed E-state index contributed by atoms with van der Waals surface area (Å²) >= 11 is 0. The molecule has 0 aliphatic heterocycles. The van der Waals surface area contributed by atoms with Crippen LogP contribution in [0.15, 0.2) is 42.5 Å². The lowest BCUT2D eigenvalue weighted by Crippen LogP contribution is -2.17. The maximum Gasteiger partial charge on any atom is 0.207 e. The van der Waals surface area contributed by atoms with E-state index in [0.717, 1.165) is 28.2 Å². The molecular formula is C19H21N3O2. The molecule has 0 bridgehead atoms. The van der Waals surface area contributed by atoms with E-state index in [0.29, 0.717) is 26.1 Å². The molecule has 0 aliphatic carbocycles. The van der Waals surface area contributed by atoms with Gasteiger partial charge in [-0.05, 0) is 43.2 Å². The summed E-state index contributed by atoms with van der Waals surface area (Å²) in [6.07, 6.45) is 0.691. The highest BCUT2D eigenvalue weighted by molar-refractivity contribution is 5.75. The molecule has 0 saturated carbocycles. The number of nitrogens with zero attached hydrogens (tertiary/aromatic N) is 2. The zero-order valence-electron chi connectivity index (χ0n) is 14.0. The van der Waals surface area contributed by atoms with Gasteiger partial charge in [0, 0.05) is 0 Å². The summed E-state index contributed by atoms with van der Waals surface area (Å²) in [6, 6.07) is 14.2. The monoisotopic (exact) mass is 323 g/mol. The number of carbonyl (C=O) groups excluding carboxylic acids is 1. The smallest absolute Gasteiger partial charge is 0.207 e. The fourth-order valence-corrected chi connectivity index (χ4v) is 2.75. The van der Waals surface area contributed by atoms with Crippen LogP contribution in [0.1, 0.15) is 17.0 Å². The molecule has 1 heterocycles. The van der Waals surface area contributed by atoms with E-state index in [-0.39, 0.29) is 0 Å². The first-order chi connectivity index (χ1) is 11.7. The highest BCUT2D eigenvalue weighted by atomic mass is 16.5. The number of nitrogens with one attached hydrogen (secondary N) is 1. The lowest BCUT2D eigenvalue weighted by Gasteiger charge is -2.12. The van der Waals surface area contributed by atoms with Gasteiger partial charge in [0.2, 0.25) is 6.41 Å². The molecule has 24 heavy (non-hydrogen) atoms. The first-order valence-electron chi connectivity index (χ1n) is 8.00. The lowest BCUT2D eigenvalue weighted by atomic mass is 10.1. The van der Waals surface area contributed by atoms with Crippen molar-refractivity contribution >= 4 is 17.4 Å². The Morgan fingerprint density at radius 2 is 2.04 bits per heavy atom. The Bertz CT molecular complexity index is 855. The van der Waals surface area contributed by atoms with Gasteiger partial charge in [0.05, 0.1) is 24.1 Å². The maximum atomic E-state index is 10.6. The van der Waals surface area contributed by atoms with Gasteiger partial charge < -0.3 is 14.6 Å². The van der Waals surface area contributed by atoms with Crippen molar-refractivity contribution in [2.45, 2.75) is 26.9 Å².